The fourth-order valence-electron chi connectivity index (χ4n) is 2.37. The van der Waals surface area contributed by atoms with E-state index in [1.165, 1.54) is 12.3 Å². The lowest BCUT2D eigenvalue weighted by Crippen LogP contribution is -2.50. The maximum absolute atomic E-state index is 14.2. The molecule has 1 atom stereocenters. The monoisotopic (exact) mass is 363 g/mol. The van der Waals surface area contributed by atoms with Crippen LogP contribution in [0.4, 0.5) is 4.39 Å². The first-order chi connectivity index (χ1) is 12.0. The Labute approximate surface area is 151 Å². The molecule has 1 aromatic carbocycles. The average molecular weight is 364 g/mol. The molecule has 3 rings (SSSR count). The fourth-order valence-corrected chi connectivity index (χ4v) is 2.48. The van der Waals surface area contributed by atoms with Gasteiger partial charge in [0.25, 0.3) is 0 Å². The van der Waals surface area contributed by atoms with E-state index in [1.807, 2.05) is 31.3 Å². The molecule has 25 heavy (non-hydrogen) atoms. The Bertz CT molecular complexity index is 769. The minimum atomic E-state index is -0.458. The van der Waals surface area contributed by atoms with Crippen molar-refractivity contribution in [1.82, 2.24) is 15.2 Å². The van der Waals surface area contributed by atoms with Gasteiger partial charge in [0, 0.05) is 19.4 Å². The van der Waals surface area contributed by atoms with Crippen molar-refractivity contribution in [2.75, 3.05) is 13.7 Å². The van der Waals surface area contributed by atoms with Crippen molar-refractivity contribution in [1.29, 1.82) is 0 Å². The highest BCUT2D eigenvalue weighted by Gasteiger charge is 2.29. The summed E-state index contributed by atoms with van der Waals surface area (Å²) >= 11 is 5.72. The van der Waals surface area contributed by atoms with E-state index in [-0.39, 0.29) is 11.4 Å². The zero-order chi connectivity index (χ0) is 17.9. The van der Waals surface area contributed by atoms with Crippen molar-refractivity contribution in [3.05, 3.63) is 65.5 Å². The number of likely N-dealkylation sites (N-methyl/N-ethyl adjacent to an activating group) is 1. The lowest BCUT2D eigenvalue weighted by Gasteiger charge is -2.33. The van der Waals surface area contributed by atoms with E-state index in [4.69, 9.17) is 21.1 Å². The molecule has 2 aromatic rings. The minimum absolute atomic E-state index is 0.126. The van der Waals surface area contributed by atoms with Gasteiger partial charge in [-0.05, 0) is 36.8 Å². The van der Waals surface area contributed by atoms with E-state index in [0.717, 1.165) is 5.56 Å². The summed E-state index contributed by atoms with van der Waals surface area (Å²) in [5.74, 6) is 0.0873. The van der Waals surface area contributed by atoms with Gasteiger partial charge in [-0.2, -0.15) is 0 Å². The highest BCUT2D eigenvalue weighted by Crippen LogP contribution is 2.26. The summed E-state index contributed by atoms with van der Waals surface area (Å²) in [5, 5.41) is 3.59. The largest absolute Gasteiger partial charge is 0.453 e. The van der Waals surface area contributed by atoms with Crippen molar-refractivity contribution in [2.45, 2.75) is 19.2 Å². The molecule has 2 heterocycles. The van der Waals surface area contributed by atoms with Gasteiger partial charge in [-0.15, -0.1) is 0 Å². The standard InChI is InChI=1S/C18H19ClFN3O2/c1-18(22-7-8-23(18)2)12-24-11-13-3-5-16(15(20)9-13)25-14-4-6-17(19)21-10-14/h3-10,22H,11-12H2,1-2H3. The summed E-state index contributed by atoms with van der Waals surface area (Å²) in [6, 6.07) is 7.97. The van der Waals surface area contributed by atoms with Gasteiger partial charge in [0.2, 0.25) is 0 Å². The van der Waals surface area contributed by atoms with Crippen LogP contribution in [0.3, 0.4) is 0 Å². The number of hydrogen-bond donors (Lipinski definition) is 1. The Morgan fingerprint density at radius 3 is 2.80 bits per heavy atom. The van der Waals surface area contributed by atoms with Crippen molar-refractivity contribution in [3.63, 3.8) is 0 Å². The van der Waals surface area contributed by atoms with Crippen LogP contribution in [0.15, 0.2) is 48.9 Å². The predicted octanol–water partition coefficient (Wildman–Crippen LogP) is 3.91. The lowest BCUT2D eigenvalue weighted by atomic mass is 10.2. The maximum atomic E-state index is 14.2. The molecule has 1 aliphatic rings. The van der Waals surface area contributed by atoms with Crippen molar-refractivity contribution >= 4 is 11.6 Å². The zero-order valence-electron chi connectivity index (χ0n) is 14.0. The van der Waals surface area contributed by atoms with Crippen LogP contribution in [0.25, 0.3) is 0 Å². The lowest BCUT2D eigenvalue weighted by molar-refractivity contribution is 0.0231. The van der Waals surface area contributed by atoms with Crippen LogP contribution in [0, 0.1) is 5.82 Å². The summed E-state index contributed by atoms with van der Waals surface area (Å²) in [4.78, 5) is 5.93. The van der Waals surface area contributed by atoms with Crippen molar-refractivity contribution < 1.29 is 13.9 Å². The van der Waals surface area contributed by atoms with Crippen molar-refractivity contribution in [2.24, 2.45) is 0 Å². The van der Waals surface area contributed by atoms with E-state index < -0.39 is 5.82 Å². The number of nitrogens with one attached hydrogen (secondary N) is 1. The van der Waals surface area contributed by atoms with Gasteiger partial charge in [0.05, 0.1) is 19.4 Å². The van der Waals surface area contributed by atoms with Crippen LogP contribution in [-0.2, 0) is 11.3 Å². The summed E-state index contributed by atoms with van der Waals surface area (Å²) in [5.41, 5.74) is 0.444. The quantitative estimate of drug-likeness (QED) is 0.788. The number of aromatic nitrogens is 1. The highest BCUT2D eigenvalue weighted by atomic mass is 35.5. The Hall–Kier alpha value is -2.31. The molecule has 1 unspecified atom stereocenters. The molecule has 0 saturated carbocycles. The van der Waals surface area contributed by atoms with E-state index in [0.29, 0.717) is 24.1 Å². The zero-order valence-corrected chi connectivity index (χ0v) is 14.8. The first kappa shape index (κ1) is 17.5. The van der Waals surface area contributed by atoms with Crippen LogP contribution in [0.1, 0.15) is 12.5 Å². The van der Waals surface area contributed by atoms with Crippen LogP contribution >= 0.6 is 11.6 Å². The molecule has 0 aliphatic carbocycles. The fraction of sp³-hybridized carbons (Fsp3) is 0.278. The number of hydrogen-bond acceptors (Lipinski definition) is 5. The second-order valence-corrected chi connectivity index (χ2v) is 6.41. The molecular formula is C18H19ClFN3O2. The number of ether oxygens (including phenoxy) is 2. The van der Waals surface area contributed by atoms with Gasteiger partial charge in [-0.3, -0.25) is 0 Å². The number of pyridine rings is 1. The van der Waals surface area contributed by atoms with E-state index in [2.05, 4.69) is 10.3 Å². The number of halogens is 2. The molecule has 1 aliphatic heterocycles. The molecule has 0 bridgehead atoms. The number of benzene rings is 1. The first-order valence-electron chi connectivity index (χ1n) is 7.79. The third-order valence-corrected chi connectivity index (χ3v) is 4.27. The maximum Gasteiger partial charge on any atom is 0.166 e. The molecule has 132 valence electrons. The normalized spacial score (nSPS) is 19.1. The summed E-state index contributed by atoms with van der Waals surface area (Å²) in [6.07, 6.45) is 5.26. The Kier molecular flexibility index (Phi) is 5.11. The molecule has 5 nitrogen and oxygen atoms in total. The Balaban J connectivity index is 1.57. The topological polar surface area (TPSA) is 46.6 Å². The highest BCUT2D eigenvalue weighted by molar-refractivity contribution is 6.29. The van der Waals surface area contributed by atoms with Gasteiger partial charge < -0.3 is 19.7 Å². The Morgan fingerprint density at radius 2 is 2.16 bits per heavy atom. The van der Waals surface area contributed by atoms with Gasteiger partial charge >= 0.3 is 0 Å². The van der Waals surface area contributed by atoms with E-state index in [1.54, 1.807) is 24.3 Å². The molecule has 1 aromatic heterocycles. The van der Waals surface area contributed by atoms with Crippen LogP contribution in [-0.4, -0.2) is 29.2 Å². The van der Waals surface area contributed by atoms with Crippen LogP contribution in [0.5, 0.6) is 11.5 Å². The molecule has 0 amide bonds. The SMILES string of the molecule is CN1C=CNC1(C)COCc1ccc(Oc2ccc(Cl)nc2)c(F)c1. The third-order valence-electron chi connectivity index (χ3n) is 4.05. The van der Waals surface area contributed by atoms with Gasteiger partial charge in [-0.25, -0.2) is 9.37 Å². The summed E-state index contributed by atoms with van der Waals surface area (Å²) < 4.78 is 25.4. The van der Waals surface area contributed by atoms with Crippen LogP contribution < -0.4 is 10.1 Å². The summed E-state index contributed by atoms with van der Waals surface area (Å²) in [6.45, 7) is 2.81. The van der Waals surface area contributed by atoms with Crippen LogP contribution in [0.2, 0.25) is 5.15 Å². The van der Waals surface area contributed by atoms with E-state index >= 15 is 0 Å². The molecular weight excluding hydrogens is 345 g/mol. The smallest absolute Gasteiger partial charge is 0.166 e. The molecule has 0 radical (unpaired) electrons. The van der Waals surface area contributed by atoms with E-state index in [9.17, 15) is 4.39 Å². The molecule has 0 spiro atoms. The first-order valence-corrected chi connectivity index (χ1v) is 8.17. The molecule has 7 heteroatoms. The molecule has 1 N–H and O–H groups in total. The minimum Gasteiger partial charge on any atom is -0.453 e. The van der Waals surface area contributed by atoms with Crippen molar-refractivity contribution in [3.8, 4) is 11.5 Å². The molecule has 0 fully saturated rings. The number of nitrogens with zero attached hydrogens (tertiary/aromatic N) is 2. The van der Waals surface area contributed by atoms with Gasteiger partial charge in [0.15, 0.2) is 11.6 Å². The number of rotatable bonds is 6. The Morgan fingerprint density at radius 1 is 1.32 bits per heavy atom. The average Bonchev–Trinajstić information content (AvgIpc) is 2.91. The predicted molar refractivity (Wildman–Crippen MR) is 93.8 cm³/mol. The second kappa shape index (κ2) is 7.29. The molecule has 0 saturated heterocycles. The third kappa shape index (κ3) is 4.21. The second-order valence-electron chi connectivity index (χ2n) is 6.02. The van der Waals surface area contributed by atoms with Gasteiger partial charge in [-0.1, -0.05) is 17.7 Å². The van der Waals surface area contributed by atoms with Gasteiger partial charge in [0.1, 0.15) is 16.6 Å². The summed E-state index contributed by atoms with van der Waals surface area (Å²) in [7, 11) is 1.97.